The fourth-order valence-corrected chi connectivity index (χ4v) is 0.675. The molecule has 0 aromatic heterocycles. The number of aliphatic hydroxyl groups is 1. The maximum Gasteiger partial charge on any atom is 0.0497 e. The third kappa shape index (κ3) is 2.65. The summed E-state index contributed by atoms with van der Waals surface area (Å²) in [4.78, 5) is 0. The van der Waals surface area contributed by atoms with Crippen LogP contribution in [-0.2, 0) is 0 Å². The first-order chi connectivity index (χ1) is 4.76. The van der Waals surface area contributed by atoms with E-state index in [9.17, 15) is 0 Å². The van der Waals surface area contributed by atoms with Crippen molar-refractivity contribution in [1.29, 1.82) is 0 Å². The highest BCUT2D eigenvalue weighted by molar-refractivity contribution is 5.23. The van der Waals surface area contributed by atoms with E-state index in [1.165, 1.54) is 0 Å². The Bertz CT molecular complexity index is 145. The minimum Gasteiger partial charge on any atom is -0.396 e. The summed E-state index contributed by atoms with van der Waals surface area (Å²) < 4.78 is 0. The van der Waals surface area contributed by atoms with Gasteiger partial charge in [0.15, 0.2) is 0 Å². The molecule has 1 heteroatoms. The van der Waals surface area contributed by atoms with Crippen LogP contribution < -0.4 is 0 Å². The van der Waals surface area contributed by atoms with Gasteiger partial charge >= 0.3 is 0 Å². The van der Waals surface area contributed by atoms with Gasteiger partial charge in [-0.2, -0.15) is 0 Å². The summed E-state index contributed by atoms with van der Waals surface area (Å²) >= 11 is 0. The summed E-state index contributed by atoms with van der Waals surface area (Å²) in [6.45, 7) is 9.28. The van der Waals surface area contributed by atoms with Crippen molar-refractivity contribution >= 4 is 0 Å². The molecule has 1 atom stereocenters. The molecule has 56 valence electrons. The second-order valence-corrected chi connectivity index (χ2v) is 2.19. The molecule has 0 bridgehead atoms. The van der Waals surface area contributed by atoms with Crippen molar-refractivity contribution in [2.45, 2.75) is 6.92 Å². The van der Waals surface area contributed by atoms with Gasteiger partial charge in [-0.3, -0.25) is 0 Å². The summed E-state index contributed by atoms with van der Waals surface area (Å²) in [5, 5.41) is 8.74. The molecule has 0 radical (unpaired) electrons. The molecule has 0 spiro atoms. The predicted octanol–water partition coefficient (Wildman–Crippen LogP) is 1.91. The van der Waals surface area contributed by atoms with Crippen LogP contribution in [-0.4, -0.2) is 11.7 Å². The van der Waals surface area contributed by atoms with Gasteiger partial charge < -0.3 is 5.11 Å². The first-order valence-corrected chi connectivity index (χ1v) is 3.32. The molecule has 0 amide bonds. The van der Waals surface area contributed by atoms with Crippen molar-refractivity contribution in [1.82, 2.24) is 0 Å². The molecule has 0 saturated carbocycles. The zero-order chi connectivity index (χ0) is 7.98. The van der Waals surface area contributed by atoms with Gasteiger partial charge in [0.05, 0.1) is 0 Å². The largest absolute Gasteiger partial charge is 0.396 e. The van der Waals surface area contributed by atoms with Gasteiger partial charge in [-0.05, 0) is 5.57 Å². The van der Waals surface area contributed by atoms with E-state index in [0.29, 0.717) is 0 Å². The van der Waals surface area contributed by atoms with Crippen LogP contribution in [0.1, 0.15) is 6.92 Å². The predicted molar refractivity (Wildman–Crippen MR) is 44.7 cm³/mol. The van der Waals surface area contributed by atoms with Gasteiger partial charge in [0, 0.05) is 12.5 Å². The van der Waals surface area contributed by atoms with Gasteiger partial charge in [0.25, 0.3) is 0 Å². The van der Waals surface area contributed by atoms with Gasteiger partial charge in [-0.1, -0.05) is 38.3 Å². The number of hydrogen-bond donors (Lipinski definition) is 1. The molecule has 0 heterocycles. The van der Waals surface area contributed by atoms with Crippen LogP contribution in [0.25, 0.3) is 0 Å². The summed E-state index contributed by atoms with van der Waals surface area (Å²) in [7, 11) is 0. The monoisotopic (exact) mass is 138 g/mol. The van der Waals surface area contributed by atoms with E-state index in [2.05, 4.69) is 13.2 Å². The average molecular weight is 138 g/mol. The van der Waals surface area contributed by atoms with E-state index < -0.39 is 0 Å². The van der Waals surface area contributed by atoms with Gasteiger partial charge in [0.1, 0.15) is 0 Å². The topological polar surface area (TPSA) is 20.2 Å². The van der Waals surface area contributed by atoms with E-state index >= 15 is 0 Å². The molecule has 0 aromatic rings. The average Bonchev–Trinajstić information content (AvgIpc) is 1.99. The van der Waals surface area contributed by atoms with Crippen molar-refractivity contribution in [3.63, 3.8) is 0 Å². The molecule has 1 nitrogen and oxygen atoms in total. The first-order valence-electron chi connectivity index (χ1n) is 3.32. The van der Waals surface area contributed by atoms with Crippen molar-refractivity contribution < 1.29 is 5.11 Å². The first kappa shape index (κ1) is 9.18. The van der Waals surface area contributed by atoms with Crippen LogP contribution in [0.3, 0.4) is 0 Å². The van der Waals surface area contributed by atoms with Gasteiger partial charge in [0.2, 0.25) is 0 Å². The second kappa shape index (κ2) is 5.00. The summed E-state index contributed by atoms with van der Waals surface area (Å²) in [5.74, 6) is 0.162. The van der Waals surface area contributed by atoms with Crippen LogP contribution >= 0.6 is 0 Å². The molecule has 1 N–H and O–H groups in total. The minimum atomic E-state index is 0.158. The number of hydrogen-bond acceptors (Lipinski definition) is 1. The van der Waals surface area contributed by atoms with Crippen molar-refractivity contribution in [2.24, 2.45) is 5.92 Å². The van der Waals surface area contributed by atoms with E-state index in [0.717, 1.165) is 5.57 Å². The van der Waals surface area contributed by atoms with Crippen LogP contribution in [0.2, 0.25) is 0 Å². The lowest BCUT2D eigenvalue weighted by Crippen LogP contribution is -2.01. The SMILES string of the molecule is C=CC=C(C=C)C(C)CO. The lowest BCUT2D eigenvalue weighted by Gasteiger charge is -2.06. The molecule has 0 saturated heterocycles. The highest BCUT2D eigenvalue weighted by Crippen LogP contribution is 2.09. The molecule has 0 aliphatic carbocycles. The van der Waals surface area contributed by atoms with E-state index in [1.807, 2.05) is 13.0 Å². The molecule has 0 fully saturated rings. The second-order valence-electron chi connectivity index (χ2n) is 2.19. The Morgan fingerprint density at radius 2 is 2.20 bits per heavy atom. The minimum absolute atomic E-state index is 0.158. The normalized spacial score (nSPS) is 14.4. The van der Waals surface area contributed by atoms with Crippen LogP contribution in [0, 0.1) is 5.92 Å². The Balaban J connectivity index is 4.18. The lowest BCUT2D eigenvalue weighted by atomic mass is 10.0. The number of allylic oxidation sites excluding steroid dienone is 3. The van der Waals surface area contributed by atoms with Crippen molar-refractivity contribution in [2.75, 3.05) is 6.61 Å². The maximum absolute atomic E-state index is 8.74. The fraction of sp³-hybridized carbons (Fsp3) is 0.333. The standard InChI is InChI=1S/C9H14O/c1-4-6-9(5-2)8(3)7-10/h4-6,8,10H,1-2,7H2,3H3. The van der Waals surface area contributed by atoms with Crippen molar-refractivity contribution in [3.8, 4) is 0 Å². The highest BCUT2D eigenvalue weighted by atomic mass is 16.3. The molecule has 0 aliphatic heterocycles. The van der Waals surface area contributed by atoms with E-state index in [-0.39, 0.29) is 12.5 Å². The third-order valence-electron chi connectivity index (χ3n) is 1.39. The molecule has 1 unspecified atom stereocenters. The molecule has 0 aromatic carbocycles. The molecular formula is C9H14O. The van der Waals surface area contributed by atoms with E-state index in [1.54, 1.807) is 12.2 Å². The van der Waals surface area contributed by atoms with Crippen molar-refractivity contribution in [3.05, 3.63) is 37.0 Å². The Hall–Kier alpha value is -0.820. The quantitative estimate of drug-likeness (QED) is 0.588. The lowest BCUT2D eigenvalue weighted by molar-refractivity contribution is 0.258. The molecule has 0 aliphatic rings. The Morgan fingerprint density at radius 1 is 1.60 bits per heavy atom. The van der Waals surface area contributed by atoms with Crippen LogP contribution in [0.5, 0.6) is 0 Å². The molecular weight excluding hydrogens is 124 g/mol. The molecule has 10 heavy (non-hydrogen) atoms. The van der Waals surface area contributed by atoms with Crippen LogP contribution in [0.15, 0.2) is 37.0 Å². The summed E-state index contributed by atoms with van der Waals surface area (Å²) in [5.41, 5.74) is 1.03. The third-order valence-corrected chi connectivity index (χ3v) is 1.39. The highest BCUT2D eigenvalue weighted by Gasteiger charge is 2.00. The zero-order valence-corrected chi connectivity index (χ0v) is 6.38. The Morgan fingerprint density at radius 3 is 2.50 bits per heavy atom. The Labute approximate surface area is 62.4 Å². The van der Waals surface area contributed by atoms with E-state index in [4.69, 9.17) is 5.11 Å². The summed E-state index contributed by atoms with van der Waals surface area (Å²) in [6, 6.07) is 0. The zero-order valence-electron chi connectivity index (χ0n) is 6.38. The fourth-order valence-electron chi connectivity index (χ4n) is 0.675. The maximum atomic E-state index is 8.74. The van der Waals surface area contributed by atoms with Gasteiger partial charge in [-0.15, -0.1) is 0 Å². The number of rotatable bonds is 4. The molecule has 0 rings (SSSR count). The number of aliphatic hydroxyl groups excluding tert-OH is 1. The van der Waals surface area contributed by atoms with Crippen LogP contribution in [0.4, 0.5) is 0 Å². The smallest absolute Gasteiger partial charge is 0.0497 e. The Kier molecular flexibility index (Phi) is 4.59. The summed E-state index contributed by atoms with van der Waals surface area (Å²) in [6.07, 6.45) is 5.29. The van der Waals surface area contributed by atoms with Gasteiger partial charge in [-0.25, -0.2) is 0 Å².